The van der Waals surface area contributed by atoms with E-state index in [0.717, 1.165) is 23.4 Å². The lowest BCUT2D eigenvalue weighted by atomic mass is 10.0. The lowest BCUT2D eigenvalue weighted by Crippen LogP contribution is -2.45. The van der Waals surface area contributed by atoms with Gasteiger partial charge in [-0.05, 0) is 29.8 Å². The van der Waals surface area contributed by atoms with Gasteiger partial charge in [-0.2, -0.15) is 0 Å². The van der Waals surface area contributed by atoms with Crippen molar-refractivity contribution in [1.29, 1.82) is 0 Å². The molecule has 31 heavy (non-hydrogen) atoms. The molecule has 2 amide bonds. The number of benzene rings is 2. The van der Waals surface area contributed by atoms with E-state index in [0.29, 0.717) is 32.4 Å². The van der Waals surface area contributed by atoms with E-state index in [1.165, 1.54) is 0 Å². The van der Waals surface area contributed by atoms with Crippen LogP contribution in [0.15, 0.2) is 42.5 Å². The van der Waals surface area contributed by atoms with Crippen molar-refractivity contribution in [1.82, 2.24) is 10.2 Å². The number of hydrogen-bond donors (Lipinski definition) is 2. The van der Waals surface area contributed by atoms with Crippen LogP contribution in [0.2, 0.25) is 0 Å². The van der Waals surface area contributed by atoms with Crippen LogP contribution in [-0.2, 0) is 14.3 Å². The molecule has 0 aromatic heterocycles. The predicted octanol–water partition coefficient (Wildman–Crippen LogP) is 2.16. The maximum atomic E-state index is 13.7. The molecule has 2 aromatic rings. The Hall–Kier alpha value is -3.04. The summed E-state index contributed by atoms with van der Waals surface area (Å²) in [6.45, 7) is 2.76. The van der Waals surface area contributed by atoms with E-state index < -0.39 is 23.4 Å². The molecule has 166 valence electrons. The highest BCUT2D eigenvalue weighted by Crippen LogP contribution is 2.24. The molecule has 2 N–H and O–H groups in total. The van der Waals surface area contributed by atoms with Gasteiger partial charge in [0.2, 0.25) is 0 Å². The molecular formula is C22H26F2N4O3. The fourth-order valence-electron chi connectivity index (χ4n) is 3.38. The Balaban J connectivity index is 1.67. The van der Waals surface area contributed by atoms with Gasteiger partial charge in [0.05, 0.1) is 24.9 Å². The van der Waals surface area contributed by atoms with Crippen molar-refractivity contribution in [3.05, 3.63) is 59.7 Å². The number of halogens is 2. The first-order valence-corrected chi connectivity index (χ1v) is 9.98. The first-order chi connectivity index (χ1) is 14.8. The summed E-state index contributed by atoms with van der Waals surface area (Å²) in [5.41, 5.74) is 1.79. The van der Waals surface area contributed by atoms with Crippen molar-refractivity contribution in [2.75, 3.05) is 57.2 Å². The third-order valence-corrected chi connectivity index (χ3v) is 5.12. The molecule has 3 rings (SSSR count). The SMILES string of the molecule is CN(C)c1ccc([C@@H](CNC(=O)C(=O)Nc2ccc(F)cc2F)N2CCOCC2)cc1. The second-order valence-electron chi connectivity index (χ2n) is 7.44. The van der Waals surface area contributed by atoms with Crippen LogP contribution in [0, 0.1) is 11.6 Å². The molecule has 1 fully saturated rings. The van der Waals surface area contributed by atoms with E-state index in [1.807, 2.05) is 43.3 Å². The van der Waals surface area contributed by atoms with Gasteiger partial charge in [-0.1, -0.05) is 12.1 Å². The molecule has 2 aromatic carbocycles. The van der Waals surface area contributed by atoms with Crippen LogP contribution >= 0.6 is 0 Å². The largest absolute Gasteiger partial charge is 0.379 e. The average Bonchev–Trinajstić information content (AvgIpc) is 2.76. The number of nitrogens with one attached hydrogen (secondary N) is 2. The Morgan fingerprint density at radius 2 is 1.74 bits per heavy atom. The lowest BCUT2D eigenvalue weighted by molar-refractivity contribution is -0.136. The molecule has 0 bridgehead atoms. The van der Waals surface area contributed by atoms with Crippen molar-refractivity contribution in [2.24, 2.45) is 0 Å². The number of hydrogen-bond acceptors (Lipinski definition) is 5. The van der Waals surface area contributed by atoms with E-state index in [9.17, 15) is 18.4 Å². The summed E-state index contributed by atoms with van der Waals surface area (Å²) < 4.78 is 32.2. The van der Waals surface area contributed by atoms with Crippen LogP contribution in [0.5, 0.6) is 0 Å². The monoisotopic (exact) mass is 432 g/mol. The molecule has 9 heteroatoms. The van der Waals surface area contributed by atoms with Gasteiger partial charge in [0.25, 0.3) is 0 Å². The molecule has 1 aliphatic rings. The average molecular weight is 432 g/mol. The summed E-state index contributed by atoms with van der Waals surface area (Å²) >= 11 is 0. The van der Waals surface area contributed by atoms with E-state index in [-0.39, 0.29) is 18.3 Å². The zero-order valence-electron chi connectivity index (χ0n) is 17.5. The lowest BCUT2D eigenvalue weighted by Gasteiger charge is -2.35. The molecule has 1 saturated heterocycles. The van der Waals surface area contributed by atoms with Gasteiger partial charge >= 0.3 is 11.8 Å². The molecule has 0 spiro atoms. The Morgan fingerprint density at radius 3 is 2.35 bits per heavy atom. The third kappa shape index (κ3) is 5.99. The minimum atomic E-state index is -1.02. The summed E-state index contributed by atoms with van der Waals surface area (Å²) in [7, 11) is 3.91. The highest BCUT2D eigenvalue weighted by molar-refractivity contribution is 6.39. The standard InChI is InChI=1S/C22H26F2N4O3/c1-27(2)17-6-3-15(4-7-17)20(28-9-11-31-12-10-28)14-25-21(29)22(30)26-19-8-5-16(23)13-18(19)24/h3-8,13,20H,9-12,14H2,1-2H3,(H,25,29)(H,26,30)/t20-/m1/s1. The summed E-state index contributed by atoms with van der Waals surface area (Å²) in [5, 5.41) is 4.79. The number of anilines is 2. The van der Waals surface area contributed by atoms with Crippen molar-refractivity contribution < 1.29 is 23.1 Å². The van der Waals surface area contributed by atoms with Crippen LogP contribution in [0.4, 0.5) is 20.2 Å². The maximum Gasteiger partial charge on any atom is 0.313 e. The zero-order chi connectivity index (χ0) is 22.4. The molecule has 1 aliphatic heterocycles. The van der Waals surface area contributed by atoms with Gasteiger partial charge in [-0.3, -0.25) is 14.5 Å². The predicted molar refractivity (Wildman–Crippen MR) is 114 cm³/mol. The Morgan fingerprint density at radius 1 is 1.06 bits per heavy atom. The highest BCUT2D eigenvalue weighted by atomic mass is 19.1. The van der Waals surface area contributed by atoms with Gasteiger partial charge in [0, 0.05) is 45.5 Å². The topological polar surface area (TPSA) is 73.9 Å². The Kier molecular flexibility index (Phi) is 7.54. The van der Waals surface area contributed by atoms with Crippen molar-refractivity contribution in [3.63, 3.8) is 0 Å². The van der Waals surface area contributed by atoms with E-state index in [1.54, 1.807) is 0 Å². The molecule has 0 aliphatic carbocycles. The van der Waals surface area contributed by atoms with Gasteiger partial charge < -0.3 is 20.3 Å². The number of carbonyl (C=O) groups is 2. The number of rotatable bonds is 6. The zero-order valence-corrected chi connectivity index (χ0v) is 17.5. The first-order valence-electron chi connectivity index (χ1n) is 9.98. The Bertz CT molecular complexity index is 915. The van der Waals surface area contributed by atoms with E-state index in [2.05, 4.69) is 15.5 Å². The minimum absolute atomic E-state index is 0.153. The van der Waals surface area contributed by atoms with Crippen LogP contribution in [0.25, 0.3) is 0 Å². The molecule has 7 nitrogen and oxygen atoms in total. The summed E-state index contributed by atoms with van der Waals surface area (Å²) in [6, 6.07) is 10.5. The Labute approximate surface area is 180 Å². The summed E-state index contributed by atoms with van der Waals surface area (Å²) in [5.74, 6) is -3.64. The summed E-state index contributed by atoms with van der Waals surface area (Å²) in [4.78, 5) is 28.7. The van der Waals surface area contributed by atoms with Gasteiger partial charge in [0.1, 0.15) is 11.6 Å². The first kappa shape index (κ1) is 22.6. The second kappa shape index (κ2) is 10.3. The summed E-state index contributed by atoms with van der Waals surface area (Å²) in [6.07, 6.45) is 0. The third-order valence-electron chi connectivity index (χ3n) is 5.12. The highest BCUT2D eigenvalue weighted by Gasteiger charge is 2.25. The smallest absolute Gasteiger partial charge is 0.313 e. The number of nitrogens with zero attached hydrogens (tertiary/aromatic N) is 2. The fraction of sp³-hybridized carbons (Fsp3) is 0.364. The van der Waals surface area contributed by atoms with Crippen LogP contribution in [0.1, 0.15) is 11.6 Å². The van der Waals surface area contributed by atoms with Gasteiger partial charge in [0.15, 0.2) is 0 Å². The minimum Gasteiger partial charge on any atom is -0.379 e. The number of morpholine rings is 1. The molecule has 0 unspecified atom stereocenters. The van der Waals surface area contributed by atoms with Crippen molar-refractivity contribution in [3.8, 4) is 0 Å². The molecule has 0 saturated carbocycles. The molecule has 0 radical (unpaired) electrons. The molecular weight excluding hydrogens is 406 g/mol. The van der Waals surface area contributed by atoms with E-state index >= 15 is 0 Å². The normalized spacial score (nSPS) is 15.2. The van der Waals surface area contributed by atoms with Crippen LogP contribution in [0.3, 0.4) is 0 Å². The molecule has 1 heterocycles. The van der Waals surface area contributed by atoms with Crippen molar-refractivity contribution >= 4 is 23.2 Å². The van der Waals surface area contributed by atoms with Crippen LogP contribution < -0.4 is 15.5 Å². The molecule has 1 atom stereocenters. The quantitative estimate of drug-likeness (QED) is 0.685. The van der Waals surface area contributed by atoms with Crippen LogP contribution in [-0.4, -0.2) is 63.7 Å². The van der Waals surface area contributed by atoms with Crippen molar-refractivity contribution in [2.45, 2.75) is 6.04 Å². The number of ether oxygens (including phenoxy) is 1. The van der Waals surface area contributed by atoms with Gasteiger partial charge in [-0.25, -0.2) is 8.78 Å². The van der Waals surface area contributed by atoms with E-state index in [4.69, 9.17) is 4.74 Å². The number of amides is 2. The maximum absolute atomic E-state index is 13.7. The van der Waals surface area contributed by atoms with Gasteiger partial charge in [-0.15, -0.1) is 0 Å². The second-order valence-corrected chi connectivity index (χ2v) is 7.44. The fourth-order valence-corrected chi connectivity index (χ4v) is 3.38. The number of carbonyl (C=O) groups excluding carboxylic acids is 2.